The number of guanidine groups is 1. The highest BCUT2D eigenvalue weighted by Crippen LogP contribution is 2.32. The number of hydrogen-bond acceptors (Lipinski definition) is 5. The summed E-state index contributed by atoms with van der Waals surface area (Å²) in [5.74, 6) is 3.22. The van der Waals surface area contributed by atoms with Crippen LogP contribution in [0.3, 0.4) is 0 Å². The molecule has 0 bridgehead atoms. The van der Waals surface area contributed by atoms with Crippen LogP contribution in [0.2, 0.25) is 0 Å². The van der Waals surface area contributed by atoms with Gasteiger partial charge in [0.05, 0.1) is 6.54 Å². The lowest BCUT2D eigenvalue weighted by Crippen LogP contribution is -2.38. The largest absolute Gasteiger partial charge is 0.454 e. The lowest BCUT2D eigenvalue weighted by atomic mass is 10.2. The molecule has 2 aromatic rings. The van der Waals surface area contributed by atoms with E-state index in [-0.39, 0.29) is 12.5 Å². The predicted octanol–water partition coefficient (Wildman–Crippen LogP) is 1.26. The number of ether oxygens (including phenoxy) is 2. The molecule has 0 unspecified atom stereocenters. The van der Waals surface area contributed by atoms with Crippen LogP contribution in [-0.4, -0.2) is 40.2 Å². The van der Waals surface area contributed by atoms with Crippen LogP contribution in [0.25, 0.3) is 0 Å². The Hall–Kier alpha value is -2.97. The first kappa shape index (κ1) is 19.4. The molecule has 0 atom stereocenters. The van der Waals surface area contributed by atoms with Gasteiger partial charge in [-0.25, -0.2) is 14.5 Å². The molecule has 0 radical (unpaired) electrons. The van der Waals surface area contributed by atoms with E-state index >= 15 is 0 Å². The Bertz CT molecular complexity index is 933. The molecule has 1 aromatic carbocycles. The maximum Gasteiger partial charge on any atom is 0.345 e. The van der Waals surface area contributed by atoms with Crippen molar-refractivity contribution in [3.63, 3.8) is 0 Å². The van der Waals surface area contributed by atoms with E-state index in [1.165, 1.54) is 0 Å². The number of nitrogens with one attached hydrogen (secondary N) is 2. The lowest BCUT2D eigenvalue weighted by Gasteiger charge is -2.11. The number of aliphatic imine (C=N–C) groups is 1. The smallest absolute Gasteiger partial charge is 0.345 e. The van der Waals surface area contributed by atoms with Crippen LogP contribution < -0.4 is 25.8 Å². The van der Waals surface area contributed by atoms with E-state index in [1.54, 1.807) is 4.68 Å². The van der Waals surface area contributed by atoms with Crippen molar-refractivity contribution in [2.24, 2.45) is 4.99 Å². The zero-order valence-corrected chi connectivity index (χ0v) is 16.8. The van der Waals surface area contributed by atoms with Crippen LogP contribution in [0.15, 0.2) is 28.0 Å². The molecule has 9 nitrogen and oxygen atoms in total. The van der Waals surface area contributed by atoms with E-state index in [1.807, 2.05) is 29.7 Å². The second-order valence-electron chi connectivity index (χ2n) is 7.19. The van der Waals surface area contributed by atoms with Gasteiger partial charge in [0.15, 0.2) is 17.5 Å². The van der Waals surface area contributed by atoms with Gasteiger partial charge >= 0.3 is 5.69 Å². The molecule has 0 amide bonds. The van der Waals surface area contributed by atoms with E-state index in [0.717, 1.165) is 67.6 Å². The van der Waals surface area contributed by atoms with E-state index in [4.69, 9.17) is 9.47 Å². The Morgan fingerprint density at radius 3 is 3.00 bits per heavy atom. The van der Waals surface area contributed by atoms with Crippen LogP contribution in [0.5, 0.6) is 11.5 Å². The molecule has 29 heavy (non-hydrogen) atoms. The van der Waals surface area contributed by atoms with Crippen molar-refractivity contribution in [2.45, 2.75) is 52.2 Å². The Balaban J connectivity index is 1.29. The zero-order valence-electron chi connectivity index (χ0n) is 16.8. The molecule has 1 aromatic heterocycles. The highest BCUT2D eigenvalue weighted by atomic mass is 16.7. The molecule has 9 heteroatoms. The van der Waals surface area contributed by atoms with Gasteiger partial charge in [0.1, 0.15) is 5.82 Å². The van der Waals surface area contributed by atoms with Crippen molar-refractivity contribution in [1.29, 1.82) is 0 Å². The van der Waals surface area contributed by atoms with Gasteiger partial charge in [-0.15, -0.1) is 0 Å². The average Bonchev–Trinajstić information content (AvgIpc) is 3.33. The molecule has 2 N–H and O–H groups in total. The van der Waals surface area contributed by atoms with Gasteiger partial charge in [-0.1, -0.05) is 6.07 Å². The number of hydrogen-bond donors (Lipinski definition) is 2. The van der Waals surface area contributed by atoms with Crippen molar-refractivity contribution in [3.05, 3.63) is 40.1 Å². The fourth-order valence-electron chi connectivity index (χ4n) is 3.58. The second-order valence-corrected chi connectivity index (χ2v) is 7.19. The highest BCUT2D eigenvalue weighted by molar-refractivity contribution is 5.79. The van der Waals surface area contributed by atoms with Crippen LogP contribution in [-0.2, 0) is 26.1 Å². The summed E-state index contributed by atoms with van der Waals surface area (Å²) in [6.07, 6.45) is 3.87. The third-order valence-electron chi connectivity index (χ3n) is 5.07. The highest BCUT2D eigenvalue weighted by Gasteiger charge is 2.16. The summed E-state index contributed by atoms with van der Waals surface area (Å²) in [7, 11) is 0. The van der Waals surface area contributed by atoms with E-state index < -0.39 is 0 Å². The van der Waals surface area contributed by atoms with Gasteiger partial charge in [0.25, 0.3) is 0 Å². The van der Waals surface area contributed by atoms with Gasteiger partial charge < -0.3 is 20.1 Å². The molecule has 3 heterocycles. The zero-order chi connectivity index (χ0) is 20.1. The van der Waals surface area contributed by atoms with Crippen LogP contribution in [0, 0.1) is 0 Å². The molecule has 156 valence electrons. The Morgan fingerprint density at radius 2 is 2.14 bits per heavy atom. The monoisotopic (exact) mass is 400 g/mol. The number of rotatable bonds is 7. The Kier molecular flexibility index (Phi) is 6.02. The summed E-state index contributed by atoms with van der Waals surface area (Å²) in [5.41, 5.74) is 1.07. The van der Waals surface area contributed by atoms with Crippen molar-refractivity contribution in [1.82, 2.24) is 25.0 Å². The summed E-state index contributed by atoms with van der Waals surface area (Å²) < 4.78 is 14.2. The standard InChI is InChI=1S/C20H28N6O3/c1-2-21-19(23-13-15-7-8-16-17(12-15)29-14-28-16)22-9-5-11-26-20(27)25-10-4-3-6-18(25)24-26/h7-8,12H,2-6,9-11,13-14H2,1H3,(H2,21,22,23). The van der Waals surface area contributed by atoms with Crippen molar-refractivity contribution in [2.75, 3.05) is 19.9 Å². The van der Waals surface area contributed by atoms with Gasteiger partial charge in [-0.05, 0) is 43.9 Å². The molecule has 0 aliphatic carbocycles. The molecule has 0 spiro atoms. The topological polar surface area (TPSA) is 94.7 Å². The molecule has 0 saturated heterocycles. The molecular formula is C20H28N6O3. The van der Waals surface area contributed by atoms with Gasteiger partial charge in [0, 0.05) is 32.6 Å². The fraction of sp³-hybridized carbons (Fsp3) is 0.550. The normalized spacial score (nSPS) is 15.3. The minimum atomic E-state index is 0.0167. The van der Waals surface area contributed by atoms with Crippen LogP contribution >= 0.6 is 0 Å². The van der Waals surface area contributed by atoms with Crippen LogP contribution in [0.4, 0.5) is 0 Å². The minimum Gasteiger partial charge on any atom is -0.454 e. The molecule has 0 saturated carbocycles. The first-order chi connectivity index (χ1) is 14.2. The summed E-state index contributed by atoms with van der Waals surface area (Å²) in [5, 5.41) is 11.1. The SMILES string of the molecule is CCNC(=NCc1ccc2c(c1)OCO2)NCCCn1nc2n(c1=O)CCCC2. The summed E-state index contributed by atoms with van der Waals surface area (Å²) in [6.45, 7) is 5.74. The molecule has 2 aliphatic rings. The first-order valence-corrected chi connectivity index (χ1v) is 10.3. The number of aromatic nitrogens is 3. The average molecular weight is 400 g/mol. The number of fused-ring (bicyclic) bond motifs is 2. The number of benzene rings is 1. The van der Waals surface area contributed by atoms with E-state index in [2.05, 4.69) is 20.7 Å². The molecular weight excluding hydrogens is 372 g/mol. The van der Waals surface area contributed by atoms with E-state index in [9.17, 15) is 4.79 Å². The van der Waals surface area contributed by atoms with Gasteiger partial charge in [0.2, 0.25) is 6.79 Å². The van der Waals surface area contributed by atoms with Crippen molar-refractivity contribution >= 4 is 5.96 Å². The van der Waals surface area contributed by atoms with Gasteiger partial charge in [-0.2, -0.15) is 5.10 Å². The maximum absolute atomic E-state index is 12.4. The summed E-state index contributed by atoms with van der Waals surface area (Å²) >= 11 is 0. The lowest BCUT2D eigenvalue weighted by molar-refractivity contribution is 0.174. The third kappa shape index (κ3) is 4.55. The number of aryl methyl sites for hydroxylation is 2. The third-order valence-corrected chi connectivity index (χ3v) is 5.07. The number of nitrogens with zero attached hydrogens (tertiary/aromatic N) is 4. The Labute approximate surface area is 169 Å². The quantitative estimate of drug-likeness (QED) is 0.413. The van der Waals surface area contributed by atoms with Gasteiger partial charge in [-0.3, -0.25) is 4.57 Å². The van der Waals surface area contributed by atoms with E-state index in [0.29, 0.717) is 19.6 Å². The van der Waals surface area contributed by atoms with Crippen molar-refractivity contribution in [3.8, 4) is 11.5 Å². The predicted molar refractivity (Wildman–Crippen MR) is 109 cm³/mol. The first-order valence-electron chi connectivity index (χ1n) is 10.3. The van der Waals surface area contributed by atoms with Crippen LogP contribution in [0.1, 0.15) is 37.6 Å². The fourth-order valence-corrected chi connectivity index (χ4v) is 3.58. The molecule has 0 fully saturated rings. The molecule has 2 aliphatic heterocycles. The van der Waals surface area contributed by atoms with Crippen molar-refractivity contribution < 1.29 is 9.47 Å². The summed E-state index contributed by atoms with van der Waals surface area (Å²) in [4.78, 5) is 17.0. The second kappa shape index (κ2) is 9.02. The Morgan fingerprint density at radius 1 is 1.24 bits per heavy atom. The molecule has 4 rings (SSSR count). The maximum atomic E-state index is 12.4. The minimum absolute atomic E-state index is 0.0167. The summed E-state index contributed by atoms with van der Waals surface area (Å²) in [6, 6.07) is 5.87.